The van der Waals surface area contributed by atoms with Gasteiger partial charge in [-0.2, -0.15) is 0 Å². The van der Waals surface area contributed by atoms with Crippen molar-refractivity contribution in [2.75, 3.05) is 6.61 Å². The van der Waals surface area contributed by atoms with Crippen LogP contribution < -0.4 is 5.32 Å². The summed E-state index contributed by atoms with van der Waals surface area (Å²) in [6.07, 6.45) is -0.130. The Kier molecular flexibility index (Phi) is 4.79. The molecule has 0 spiro atoms. The van der Waals surface area contributed by atoms with Crippen molar-refractivity contribution in [3.05, 3.63) is 35.1 Å². The maximum atomic E-state index is 13.4. The topological polar surface area (TPSA) is 86.6 Å². The van der Waals surface area contributed by atoms with Gasteiger partial charge in [-0.05, 0) is 19.1 Å². The fraction of sp³-hybridized carbons (Fsp3) is 0.333. The first-order chi connectivity index (χ1) is 8.45. The van der Waals surface area contributed by atoms with E-state index in [2.05, 4.69) is 5.32 Å². The van der Waals surface area contributed by atoms with Gasteiger partial charge in [-0.1, -0.05) is 11.6 Å². The summed E-state index contributed by atoms with van der Waals surface area (Å²) in [6.45, 7) is 1.31. The van der Waals surface area contributed by atoms with Crippen LogP contribution in [0.2, 0.25) is 0 Å². The number of nitrogens with one attached hydrogen (secondary N) is 1. The minimum Gasteiger partial charge on any atom is -0.480 e. The molecule has 0 unspecified atom stereocenters. The van der Waals surface area contributed by atoms with Crippen LogP contribution in [-0.4, -0.2) is 34.7 Å². The van der Waals surface area contributed by atoms with Crippen LogP contribution in [0.25, 0.3) is 0 Å². The van der Waals surface area contributed by atoms with Crippen molar-refractivity contribution < 1.29 is 24.2 Å². The molecule has 0 radical (unpaired) electrons. The number of aliphatic hydroxyl groups is 1. The molecule has 1 aromatic carbocycles. The second-order valence-electron chi connectivity index (χ2n) is 3.86. The quantitative estimate of drug-likeness (QED) is 0.722. The molecule has 0 fully saturated rings. The van der Waals surface area contributed by atoms with Gasteiger partial charge in [0, 0.05) is 13.0 Å². The van der Waals surface area contributed by atoms with Crippen LogP contribution >= 0.6 is 0 Å². The van der Waals surface area contributed by atoms with E-state index in [1.807, 2.05) is 0 Å². The highest BCUT2D eigenvalue weighted by Crippen LogP contribution is 2.10. The van der Waals surface area contributed by atoms with Crippen LogP contribution in [0.15, 0.2) is 18.2 Å². The molecular formula is C12H14FNO4. The lowest BCUT2D eigenvalue weighted by atomic mass is 10.1. The smallest absolute Gasteiger partial charge is 0.326 e. The van der Waals surface area contributed by atoms with Crippen molar-refractivity contribution in [3.8, 4) is 0 Å². The fourth-order valence-corrected chi connectivity index (χ4v) is 1.44. The van der Waals surface area contributed by atoms with E-state index in [4.69, 9.17) is 10.2 Å². The summed E-state index contributed by atoms with van der Waals surface area (Å²) in [5.41, 5.74) is 0.481. The van der Waals surface area contributed by atoms with Gasteiger partial charge in [0.1, 0.15) is 11.9 Å². The molecule has 0 aliphatic heterocycles. The number of aliphatic hydroxyl groups excluding tert-OH is 1. The highest BCUT2D eigenvalue weighted by Gasteiger charge is 2.21. The summed E-state index contributed by atoms with van der Waals surface area (Å²) in [5.74, 6) is -2.80. The van der Waals surface area contributed by atoms with Crippen molar-refractivity contribution in [1.82, 2.24) is 5.32 Å². The first kappa shape index (κ1) is 14.1. The molecule has 0 heterocycles. The average Bonchev–Trinajstić information content (AvgIpc) is 2.31. The van der Waals surface area contributed by atoms with Gasteiger partial charge in [0.2, 0.25) is 0 Å². The van der Waals surface area contributed by atoms with Crippen LogP contribution in [-0.2, 0) is 4.79 Å². The molecule has 1 amide bonds. The Balaban J connectivity index is 2.86. The molecule has 0 aliphatic rings. The van der Waals surface area contributed by atoms with Gasteiger partial charge >= 0.3 is 5.97 Å². The maximum Gasteiger partial charge on any atom is 0.326 e. The lowest BCUT2D eigenvalue weighted by Crippen LogP contribution is -2.41. The van der Waals surface area contributed by atoms with E-state index >= 15 is 0 Å². The lowest BCUT2D eigenvalue weighted by molar-refractivity contribution is -0.139. The van der Waals surface area contributed by atoms with Crippen molar-refractivity contribution >= 4 is 11.9 Å². The Morgan fingerprint density at radius 2 is 2.11 bits per heavy atom. The van der Waals surface area contributed by atoms with Gasteiger partial charge in [0.05, 0.1) is 5.56 Å². The molecule has 0 bridgehead atoms. The Morgan fingerprint density at radius 1 is 1.44 bits per heavy atom. The number of rotatable bonds is 5. The normalized spacial score (nSPS) is 11.9. The first-order valence-corrected chi connectivity index (χ1v) is 5.36. The Morgan fingerprint density at radius 3 is 2.67 bits per heavy atom. The predicted octanol–water partition coefficient (Wildman–Crippen LogP) is 0.700. The SMILES string of the molecule is Cc1ccc(F)c(C(=O)N[C@@H](CCO)C(=O)O)c1. The van der Waals surface area contributed by atoms with Crippen LogP contribution in [0.4, 0.5) is 4.39 Å². The fourth-order valence-electron chi connectivity index (χ4n) is 1.44. The Bertz CT molecular complexity index is 461. The van der Waals surface area contributed by atoms with E-state index in [0.717, 1.165) is 6.07 Å². The van der Waals surface area contributed by atoms with Crippen molar-refractivity contribution in [1.29, 1.82) is 0 Å². The molecule has 1 atom stereocenters. The van der Waals surface area contributed by atoms with Gasteiger partial charge in [-0.15, -0.1) is 0 Å². The zero-order chi connectivity index (χ0) is 13.7. The number of benzene rings is 1. The highest BCUT2D eigenvalue weighted by atomic mass is 19.1. The molecule has 18 heavy (non-hydrogen) atoms. The molecule has 5 nitrogen and oxygen atoms in total. The van der Waals surface area contributed by atoms with Gasteiger partial charge in [0.25, 0.3) is 5.91 Å². The number of hydrogen-bond acceptors (Lipinski definition) is 3. The minimum atomic E-state index is -1.27. The van der Waals surface area contributed by atoms with E-state index in [1.54, 1.807) is 6.92 Å². The molecule has 1 aromatic rings. The molecule has 0 saturated carbocycles. The molecule has 0 aliphatic carbocycles. The zero-order valence-corrected chi connectivity index (χ0v) is 9.81. The third-order valence-electron chi connectivity index (χ3n) is 2.39. The predicted molar refractivity (Wildman–Crippen MR) is 61.7 cm³/mol. The monoisotopic (exact) mass is 255 g/mol. The largest absolute Gasteiger partial charge is 0.480 e. The Hall–Kier alpha value is -1.95. The second kappa shape index (κ2) is 6.11. The van der Waals surface area contributed by atoms with E-state index in [-0.39, 0.29) is 18.6 Å². The van der Waals surface area contributed by atoms with E-state index in [9.17, 15) is 14.0 Å². The third-order valence-corrected chi connectivity index (χ3v) is 2.39. The Labute approximate surface area is 103 Å². The summed E-state index contributed by atoms with van der Waals surface area (Å²) in [7, 11) is 0. The maximum absolute atomic E-state index is 13.4. The second-order valence-corrected chi connectivity index (χ2v) is 3.86. The zero-order valence-electron chi connectivity index (χ0n) is 9.81. The van der Waals surface area contributed by atoms with Crippen LogP contribution in [0.3, 0.4) is 0 Å². The number of aliphatic carboxylic acids is 1. The number of amides is 1. The van der Waals surface area contributed by atoms with Crippen LogP contribution in [0.1, 0.15) is 22.3 Å². The number of carboxylic acids is 1. The molecule has 0 saturated heterocycles. The first-order valence-electron chi connectivity index (χ1n) is 5.36. The minimum absolute atomic E-state index is 0.130. The number of carbonyl (C=O) groups is 2. The lowest BCUT2D eigenvalue weighted by Gasteiger charge is -2.13. The van der Waals surface area contributed by atoms with Crippen molar-refractivity contribution in [3.63, 3.8) is 0 Å². The molecule has 0 aromatic heterocycles. The van der Waals surface area contributed by atoms with Crippen molar-refractivity contribution in [2.24, 2.45) is 0 Å². The van der Waals surface area contributed by atoms with E-state index in [1.165, 1.54) is 12.1 Å². The number of carboxylic acid groups (broad SMARTS) is 1. The summed E-state index contributed by atoms with van der Waals surface area (Å²) in [6, 6.07) is 2.76. The van der Waals surface area contributed by atoms with E-state index in [0.29, 0.717) is 5.56 Å². The van der Waals surface area contributed by atoms with Crippen LogP contribution in [0, 0.1) is 12.7 Å². The van der Waals surface area contributed by atoms with Gasteiger partial charge in [-0.3, -0.25) is 4.79 Å². The number of aryl methyl sites for hydroxylation is 1. The van der Waals surface area contributed by atoms with Gasteiger partial charge in [-0.25, -0.2) is 9.18 Å². The summed E-state index contributed by atoms with van der Waals surface area (Å²) >= 11 is 0. The van der Waals surface area contributed by atoms with Gasteiger partial charge < -0.3 is 15.5 Å². The summed E-state index contributed by atoms with van der Waals surface area (Å²) in [4.78, 5) is 22.5. The number of halogens is 1. The van der Waals surface area contributed by atoms with Gasteiger partial charge in [0.15, 0.2) is 0 Å². The molecule has 3 N–H and O–H groups in total. The molecule has 6 heteroatoms. The molecular weight excluding hydrogens is 241 g/mol. The number of hydrogen-bond donors (Lipinski definition) is 3. The summed E-state index contributed by atoms with van der Waals surface area (Å²) < 4.78 is 13.4. The number of carbonyl (C=O) groups excluding carboxylic acids is 1. The molecule has 98 valence electrons. The summed E-state index contributed by atoms with van der Waals surface area (Å²) in [5, 5.41) is 19.6. The highest BCUT2D eigenvalue weighted by molar-refractivity contribution is 5.96. The van der Waals surface area contributed by atoms with E-state index < -0.39 is 23.7 Å². The molecule has 1 rings (SSSR count). The standard InChI is InChI=1S/C12H14FNO4/c1-7-2-3-9(13)8(6-7)11(16)14-10(4-5-15)12(17)18/h2-3,6,10,15H,4-5H2,1H3,(H,14,16)(H,17,18)/t10-/m0/s1. The third kappa shape index (κ3) is 3.53. The van der Waals surface area contributed by atoms with Crippen LogP contribution in [0.5, 0.6) is 0 Å². The van der Waals surface area contributed by atoms with Crippen molar-refractivity contribution in [2.45, 2.75) is 19.4 Å². The average molecular weight is 255 g/mol.